The molecule has 8 heteroatoms. The number of hydrogen-bond donors (Lipinski definition) is 1. The van der Waals surface area contributed by atoms with Crippen molar-refractivity contribution in [2.45, 2.75) is 51.4 Å². The van der Waals surface area contributed by atoms with Gasteiger partial charge < -0.3 is 5.11 Å². The maximum absolute atomic E-state index is 14.0. The minimum atomic E-state index is -5.13. The molecule has 0 saturated carbocycles. The average Bonchev–Trinajstić information content (AvgIpc) is 2.26. The van der Waals surface area contributed by atoms with Crippen LogP contribution in [0.1, 0.15) is 50.3 Å². The normalized spacial score (nSPS) is 15.0. The van der Waals surface area contributed by atoms with Crippen LogP contribution in [0.25, 0.3) is 0 Å². The van der Waals surface area contributed by atoms with E-state index in [2.05, 4.69) is 0 Å². The van der Waals surface area contributed by atoms with Gasteiger partial charge in [-0.25, -0.2) is 4.39 Å². The molecule has 0 spiro atoms. The molecule has 0 amide bonds. The van der Waals surface area contributed by atoms with Crippen LogP contribution in [0, 0.1) is 5.82 Å². The molecule has 1 nitrogen and oxygen atoms in total. The van der Waals surface area contributed by atoms with E-state index >= 15 is 0 Å². The molecule has 0 heterocycles. The van der Waals surface area contributed by atoms with Crippen molar-refractivity contribution in [3.05, 3.63) is 28.6 Å². The largest absolute Gasteiger partial charge is 0.505 e. The van der Waals surface area contributed by atoms with Gasteiger partial charge >= 0.3 is 12.4 Å². The molecule has 1 aromatic rings. The zero-order valence-electron chi connectivity index (χ0n) is 12.2. The van der Waals surface area contributed by atoms with Gasteiger partial charge in [-0.15, -0.1) is 0 Å². The van der Waals surface area contributed by atoms with Crippen LogP contribution >= 0.6 is 0 Å². The molecular weight excluding hydrogens is 317 g/mol. The second kappa shape index (κ2) is 5.31. The highest BCUT2D eigenvalue weighted by atomic mass is 19.4. The summed E-state index contributed by atoms with van der Waals surface area (Å²) in [7, 11) is 0. The third kappa shape index (κ3) is 3.47. The second-order valence-corrected chi connectivity index (χ2v) is 6.06. The van der Waals surface area contributed by atoms with Gasteiger partial charge in [-0.05, 0) is 17.9 Å². The standard InChI is InChI=1S/C14H15F7O/c1-6(13(16,17)18)7-5-8(12(2,3)4)9(14(19,20)21)10(15)11(7)22/h5-6,22H,1-4H3. The molecule has 0 aromatic heterocycles. The average molecular weight is 332 g/mol. The Morgan fingerprint density at radius 1 is 1.00 bits per heavy atom. The number of phenolic OH excluding ortho intramolecular Hbond substituents is 1. The van der Waals surface area contributed by atoms with Crippen LogP contribution in [0.2, 0.25) is 0 Å². The van der Waals surface area contributed by atoms with Crippen LogP contribution in [0.15, 0.2) is 6.07 Å². The van der Waals surface area contributed by atoms with Crippen LogP contribution in [-0.4, -0.2) is 11.3 Å². The third-order valence-corrected chi connectivity index (χ3v) is 3.32. The summed E-state index contributed by atoms with van der Waals surface area (Å²) in [6.45, 7) is 4.59. The molecule has 1 aromatic carbocycles. The number of benzene rings is 1. The summed E-state index contributed by atoms with van der Waals surface area (Å²) in [5.74, 6) is -6.00. The van der Waals surface area contributed by atoms with Crippen molar-refractivity contribution in [1.29, 1.82) is 0 Å². The molecular formula is C14H15F7O. The molecule has 126 valence electrons. The molecule has 0 aliphatic carbocycles. The summed E-state index contributed by atoms with van der Waals surface area (Å²) in [6, 6.07) is 0.583. The Hall–Kier alpha value is -1.47. The fraction of sp³-hybridized carbons (Fsp3) is 0.571. The van der Waals surface area contributed by atoms with Crippen molar-refractivity contribution in [1.82, 2.24) is 0 Å². The summed E-state index contributed by atoms with van der Waals surface area (Å²) in [5.41, 5.74) is -4.56. The lowest BCUT2D eigenvalue weighted by molar-refractivity contribution is -0.146. The minimum Gasteiger partial charge on any atom is -0.505 e. The van der Waals surface area contributed by atoms with E-state index in [0.717, 1.165) is 0 Å². The maximum atomic E-state index is 14.0. The second-order valence-electron chi connectivity index (χ2n) is 6.06. The zero-order chi connectivity index (χ0) is 17.7. The Balaban J connectivity index is 3.79. The number of aromatic hydroxyl groups is 1. The van der Waals surface area contributed by atoms with Gasteiger partial charge in [-0.3, -0.25) is 0 Å². The third-order valence-electron chi connectivity index (χ3n) is 3.32. The Morgan fingerprint density at radius 2 is 1.45 bits per heavy atom. The van der Waals surface area contributed by atoms with Gasteiger partial charge in [0.2, 0.25) is 0 Å². The first-order valence-corrected chi connectivity index (χ1v) is 6.28. The van der Waals surface area contributed by atoms with E-state index in [-0.39, 0.29) is 0 Å². The van der Waals surface area contributed by atoms with Gasteiger partial charge in [0.15, 0.2) is 11.6 Å². The minimum absolute atomic E-state index is 0.583. The Morgan fingerprint density at radius 3 is 1.77 bits per heavy atom. The van der Waals surface area contributed by atoms with Gasteiger partial charge in [0.1, 0.15) is 0 Å². The molecule has 0 radical (unpaired) electrons. The highest BCUT2D eigenvalue weighted by Gasteiger charge is 2.45. The monoisotopic (exact) mass is 332 g/mol. The van der Waals surface area contributed by atoms with E-state index < -0.39 is 51.9 Å². The molecule has 22 heavy (non-hydrogen) atoms. The fourth-order valence-electron chi connectivity index (χ4n) is 2.03. The lowest BCUT2D eigenvalue weighted by Gasteiger charge is -2.28. The quantitative estimate of drug-likeness (QED) is 0.672. The summed E-state index contributed by atoms with van der Waals surface area (Å²) in [6.07, 6.45) is -9.96. The van der Waals surface area contributed by atoms with E-state index in [9.17, 15) is 35.8 Å². The smallest absolute Gasteiger partial charge is 0.419 e. The lowest BCUT2D eigenvalue weighted by atomic mass is 9.80. The molecule has 1 atom stereocenters. The summed E-state index contributed by atoms with van der Waals surface area (Å²) < 4.78 is 91.3. The number of phenols is 1. The SMILES string of the molecule is CC(c1cc(C(C)(C)C)c(C(F)(F)F)c(F)c1O)C(F)(F)F. The fourth-order valence-corrected chi connectivity index (χ4v) is 2.03. The van der Waals surface area contributed by atoms with Crippen LogP contribution < -0.4 is 0 Å². The van der Waals surface area contributed by atoms with Crippen LogP contribution in [0.3, 0.4) is 0 Å². The molecule has 0 aliphatic heterocycles. The number of halogens is 7. The molecule has 0 aliphatic rings. The summed E-state index contributed by atoms with van der Waals surface area (Å²) >= 11 is 0. The van der Waals surface area contributed by atoms with Crippen molar-refractivity contribution >= 4 is 0 Å². The maximum Gasteiger partial charge on any atom is 0.419 e. The van der Waals surface area contributed by atoms with Crippen molar-refractivity contribution in [2.24, 2.45) is 0 Å². The zero-order valence-corrected chi connectivity index (χ0v) is 12.2. The highest BCUT2D eigenvalue weighted by molar-refractivity contribution is 5.49. The molecule has 1 rings (SSSR count). The van der Waals surface area contributed by atoms with Gasteiger partial charge in [0, 0.05) is 5.56 Å². The molecule has 0 fully saturated rings. The van der Waals surface area contributed by atoms with E-state index in [4.69, 9.17) is 0 Å². The van der Waals surface area contributed by atoms with Gasteiger partial charge in [0.25, 0.3) is 0 Å². The topological polar surface area (TPSA) is 20.2 Å². The van der Waals surface area contributed by atoms with E-state index in [1.54, 1.807) is 0 Å². The van der Waals surface area contributed by atoms with E-state index in [0.29, 0.717) is 13.0 Å². The van der Waals surface area contributed by atoms with Crippen LogP contribution in [0.5, 0.6) is 5.75 Å². The van der Waals surface area contributed by atoms with Crippen LogP contribution in [-0.2, 0) is 11.6 Å². The lowest BCUT2D eigenvalue weighted by Crippen LogP contribution is -2.24. The van der Waals surface area contributed by atoms with Crippen molar-refractivity contribution in [3.8, 4) is 5.75 Å². The van der Waals surface area contributed by atoms with Gasteiger partial charge in [0.05, 0.1) is 11.5 Å². The number of rotatable bonds is 1. The van der Waals surface area contributed by atoms with Crippen LogP contribution in [0.4, 0.5) is 30.7 Å². The van der Waals surface area contributed by atoms with Crippen molar-refractivity contribution < 1.29 is 35.8 Å². The van der Waals surface area contributed by atoms with E-state index in [1.165, 1.54) is 20.8 Å². The predicted molar refractivity (Wildman–Crippen MR) is 66.2 cm³/mol. The van der Waals surface area contributed by atoms with E-state index in [1.807, 2.05) is 0 Å². The van der Waals surface area contributed by atoms with Gasteiger partial charge in [-0.1, -0.05) is 26.8 Å². The molecule has 1 N–H and O–H groups in total. The predicted octanol–water partition coefficient (Wildman–Crippen LogP) is 5.51. The first-order valence-electron chi connectivity index (χ1n) is 6.28. The Labute approximate surface area is 122 Å². The Bertz CT molecular complexity index is 565. The van der Waals surface area contributed by atoms with Gasteiger partial charge in [-0.2, -0.15) is 26.3 Å². The number of hydrogen-bond acceptors (Lipinski definition) is 1. The summed E-state index contributed by atoms with van der Waals surface area (Å²) in [5, 5.41) is 9.49. The first-order chi connectivity index (χ1) is 9.58. The van der Waals surface area contributed by atoms with Crippen molar-refractivity contribution in [2.75, 3.05) is 0 Å². The number of alkyl halides is 6. The van der Waals surface area contributed by atoms with Crippen molar-refractivity contribution in [3.63, 3.8) is 0 Å². The first kappa shape index (κ1) is 18.6. The molecule has 0 saturated heterocycles. The highest BCUT2D eigenvalue weighted by Crippen LogP contribution is 2.47. The summed E-state index contributed by atoms with van der Waals surface area (Å²) in [4.78, 5) is 0. The Kier molecular flexibility index (Phi) is 4.49. The molecule has 0 bridgehead atoms. The molecule has 1 unspecified atom stereocenters.